The average molecular weight is 237 g/mol. The highest BCUT2D eigenvalue weighted by Gasteiger charge is 2.17. The Kier molecular flexibility index (Phi) is 3.83. The second kappa shape index (κ2) is 4.76. The number of hydrogen-bond acceptors (Lipinski definition) is 2. The number of benzene rings is 1. The van der Waals surface area contributed by atoms with Gasteiger partial charge in [-0.05, 0) is 44.9 Å². The minimum absolute atomic E-state index is 0.388. The number of hydrogen-bond donors (Lipinski definition) is 1. The van der Waals surface area contributed by atoms with E-state index in [1.807, 2.05) is 33.8 Å². The Balaban J connectivity index is 2.87. The lowest BCUT2D eigenvalue weighted by Crippen LogP contribution is -2.21. The lowest BCUT2D eigenvalue weighted by molar-refractivity contribution is 0.529. The lowest BCUT2D eigenvalue weighted by atomic mass is 9.95. The SMILES string of the molecule is Cc1cc(C)c(NCC(C)(C)C#N)c(Cl)c1. The average Bonchev–Trinajstić information content (AvgIpc) is 2.16. The Hall–Kier alpha value is -1.20. The van der Waals surface area contributed by atoms with Gasteiger partial charge >= 0.3 is 0 Å². The molecule has 1 aromatic rings. The van der Waals surface area contributed by atoms with Gasteiger partial charge in [0.1, 0.15) is 0 Å². The summed E-state index contributed by atoms with van der Waals surface area (Å²) in [5.74, 6) is 0. The molecule has 0 aliphatic carbocycles. The Labute approximate surface area is 102 Å². The number of nitrogens with one attached hydrogen (secondary N) is 1. The molecule has 0 spiro atoms. The molecule has 0 bridgehead atoms. The maximum absolute atomic E-state index is 8.93. The van der Waals surface area contributed by atoms with Crippen molar-refractivity contribution in [1.29, 1.82) is 5.26 Å². The van der Waals surface area contributed by atoms with Crippen LogP contribution in [0.4, 0.5) is 5.69 Å². The van der Waals surface area contributed by atoms with Gasteiger partial charge in [0.15, 0.2) is 0 Å². The van der Waals surface area contributed by atoms with Gasteiger partial charge in [0.2, 0.25) is 0 Å². The molecule has 0 aliphatic rings. The predicted octanol–water partition coefficient (Wildman–Crippen LogP) is 3.92. The first-order chi connectivity index (χ1) is 7.35. The molecule has 0 saturated carbocycles. The summed E-state index contributed by atoms with van der Waals surface area (Å²) in [7, 11) is 0. The number of nitriles is 1. The number of anilines is 1. The lowest BCUT2D eigenvalue weighted by Gasteiger charge is -2.19. The molecule has 0 radical (unpaired) electrons. The standard InChI is InChI=1S/C13H17ClN2/c1-9-5-10(2)12(11(14)6-9)16-8-13(3,4)7-15/h5-6,16H,8H2,1-4H3. The molecular weight excluding hydrogens is 220 g/mol. The molecule has 0 fully saturated rings. The summed E-state index contributed by atoms with van der Waals surface area (Å²) in [5, 5.41) is 12.9. The summed E-state index contributed by atoms with van der Waals surface area (Å²) in [6, 6.07) is 6.26. The van der Waals surface area contributed by atoms with E-state index in [1.54, 1.807) is 0 Å². The number of nitrogens with zero attached hydrogens (tertiary/aromatic N) is 1. The van der Waals surface area contributed by atoms with E-state index in [-0.39, 0.29) is 5.41 Å². The zero-order valence-corrected chi connectivity index (χ0v) is 10.9. The van der Waals surface area contributed by atoms with Gasteiger partial charge in [0.25, 0.3) is 0 Å². The van der Waals surface area contributed by atoms with Gasteiger partial charge in [-0.25, -0.2) is 0 Å². The van der Waals surface area contributed by atoms with Crippen LogP contribution in [0.1, 0.15) is 25.0 Å². The quantitative estimate of drug-likeness (QED) is 0.864. The number of rotatable bonds is 3. The maximum Gasteiger partial charge on any atom is 0.0702 e. The highest BCUT2D eigenvalue weighted by atomic mass is 35.5. The number of halogens is 1. The molecule has 2 nitrogen and oxygen atoms in total. The zero-order chi connectivity index (χ0) is 12.3. The molecule has 16 heavy (non-hydrogen) atoms. The molecule has 0 aromatic heterocycles. The molecule has 0 saturated heterocycles. The van der Waals surface area contributed by atoms with Crippen molar-refractivity contribution in [2.75, 3.05) is 11.9 Å². The van der Waals surface area contributed by atoms with Crippen molar-refractivity contribution in [2.45, 2.75) is 27.7 Å². The maximum atomic E-state index is 8.93. The first-order valence-corrected chi connectivity index (χ1v) is 5.65. The Bertz CT molecular complexity index is 407. The van der Waals surface area contributed by atoms with Crippen LogP contribution in [-0.4, -0.2) is 6.54 Å². The molecule has 86 valence electrons. The van der Waals surface area contributed by atoms with E-state index >= 15 is 0 Å². The van der Waals surface area contributed by atoms with Crippen LogP contribution in [0.25, 0.3) is 0 Å². The molecular formula is C13H17ClN2. The summed E-state index contributed by atoms with van der Waals surface area (Å²) in [5.41, 5.74) is 2.79. The van der Waals surface area contributed by atoms with E-state index in [4.69, 9.17) is 16.9 Å². The fraction of sp³-hybridized carbons (Fsp3) is 0.462. The van der Waals surface area contributed by atoms with E-state index in [0.717, 1.165) is 16.8 Å². The minimum Gasteiger partial charge on any atom is -0.382 e. The van der Waals surface area contributed by atoms with Crippen LogP contribution >= 0.6 is 11.6 Å². The monoisotopic (exact) mass is 236 g/mol. The van der Waals surface area contributed by atoms with E-state index < -0.39 is 0 Å². The predicted molar refractivity (Wildman–Crippen MR) is 68.8 cm³/mol. The highest BCUT2D eigenvalue weighted by molar-refractivity contribution is 6.33. The van der Waals surface area contributed by atoms with E-state index in [0.29, 0.717) is 11.6 Å². The smallest absolute Gasteiger partial charge is 0.0702 e. The van der Waals surface area contributed by atoms with Crippen LogP contribution in [0.5, 0.6) is 0 Å². The summed E-state index contributed by atoms with van der Waals surface area (Å²) in [6.07, 6.45) is 0. The highest BCUT2D eigenvalue weighted by Crippen LogP contribution is 2.28. The fourth-order valence-corrected chi connectivity index (χ4v) is 1.88. The Morgan fingerprint density at radius 2 is 2.00 bits per heavy atom. The zero-order valence-electron chi connectivity index (χ0n) is 10.2. The first kappa shape index (κ1) is 12.9. The van der Waals surface area contributed by atoms with Gasteiger partial charge in [-0.1, -0.05) is 17.7 Å². The van der Waals surface area contributed by atoms with E-state index in [2.05, 4.69) is 17.5 Å². The molecule has 1 aromatic carbocycles. The molecule has 0 atom stereocenters. The van der Waals surface area contributed by atoms with Crippen molar-refractivity contribution in [3.05, 3.63) is 28.3 Å². The van der Waals surface area contributed by atoms with Crippen molar-refractivity contribution in [1.82, 2.24) is 0 Å². The molecule has 0 aliphatic heterocycles. The second-order valence-electron chi connectivity index (χ2n) is 4.79. The Morgan fingerprint density at radius 1 is 1.38 bits per heavy atom. The minimum atomic E-state index is -0.388. The first-order valence-electron chi connectivity index (χ1n) is 5.27. The van der Waals surface area contributed by atoms with Crippen LogP contribution in [0.15, 0.2) is 12.1 Å². The van der Waals surface area contributed by atoms with Crippen LogP contribution in [0.3, 0.4) is 0 Å². The van der Waals surface area contributed by atoms with Gasteiger partial charge in [-0.15, -0.1) is 0 Å². The normalized spacial score (nSPS) is 11.0. The summed E-state index contributed by atoms with van der Waals surface area (Å²) in [4.78, 5) is 0. The molecule has 0 heterocycles. The third-order valence-corrected chi connectivity index (χ3v) is 2.74. The molecule has 1 rings (SSSR count). The van der Waals surface area contributed by atoms with Crippen LogP contribution in [0, 0.1) is 30.6 Å². The van der Waals surface area contributed by atoms with Crippen molar-refractivity contribution in [3.8, 4) is 6.07 Å². The van der Waals surface area contributed by atoms with Gasteiger partial charge in [-0.3, -0.25) is 0 Å². The van der Waals surface area contributed by atoms with Gasteiger partial charge in [0, 0.05) is 6.54 Å². The molecule has 1 N–H and O–H groups in total. The van der Waals surface area contributed by atoms with E-state index in [1.165, 1.54) is 0 Å². The summed E-state index contributed by atoms with van der Waals surface area (Å²) < 4.78 is 0. The summed E-state index contributed by atoms with van der Waals surface area (Å²) in [6.45, 7) is 8.42. The van der Waals surface area contributed by atoms with Crippen molar-refractivity contribution >= 4 is 17.3 Å². The number of aryl methyl sites for hydroxylation is 2. The molecule has 0 amide bonds. The van der Waals surface area contributed by atoms with Crippen molar-refractivity contribution in [3.63, 3.8) is 0 Å². The van der Waals surface area contributed by atoms with Crippen molar-refractivity contribution < 1.29 is 0 Å². The summed E-state index contributed by atoms with van der Waals surface area (Å²) >= 11 is 6.16. The largest absolute Gasteiger partial charge is 0.382 e. The fourth-order valence-electron chi connectivity index (χ4n) is 1.49. The van der Waals surface area contributed by atoms with Crippen LogP contribution in [0.2, 0.25) is 5.02 Å². The Morgan fingerprint density at radius 3 is 2.50 bits per heavy atom. The van der Waals surface area contributed by atoms with Crippen molar-refractivity contribution in [2.24, 2.45) is 5.41 Å². The second-order valence-corrected chi connectivity index (χ2v) is 5.20. The molecule has 3 heteroatoms. The topological polar surface area (TPSA) is 35.8 Å². The van der Waals surface area contributed by atoms with Crippen LogP contribution in [-0.2, 0) is 0 Å². The molecule has 0 unspecified atom stereocenters. The van der Waals surface area contributed by atoms with Gasteiger partial charge in [0.05, 0.1) is 22.2 Å². The third kappa shape index (κ3) is 3.15. The third-order valence-electron chi connectivity index (χ3n) is 2.44. The van der Waals surface area contributed by atoms with Gasteiger partial charge < -0.3 is 5.32 Å². The van der Waals surface area contributed by atoms with Gasteiger partial charge in [-0.2, -0.15) is 5.26 Å². The van der Waals surface area contributed by atoms with E-state index in [9.17, 15) is 0 Å². The van der Waals surface area contributed by atoms with Crippen LogP contribution < -0.4 is 5.32 Å².